The van der Waals surface area contributed by atoms with Crippen LogP contribution in [0, 0.1) is 17.0 Å². The summed E-state index contributed by atoms with van der Waals surface area (Å²) in [6.45, 7) is 10.4. The van der Waals surface area contributed by atoms with Gasteiger partial charge in [-0.3, -0.25) is 0 Å². The zero-order valence-corrected chi connectivity index (χ0v) is 20.0. The van der Waals surface area contributed by atoms with Gasteiger partial charge >= 0.3 is 0 Å². The molecule has 2 heterocycles. The molecule has 1 unspecified atom stereocenters. The molecule has 4 rings (SSSR count). The molecule has 0 saturated heterocycles. The number of nitrogens with zero attached hydrogens (tertiary/aromatic N) is 2. The predicted octanol–water partition coefficient (Wildman–Crippen LogP) is 7.30. The molecule has 2 aromatic heterocycles. The van der Waals surface area contributed by atoms with E-state index < -0.39 is 9.04 Å². The third kappa shape index (κ3) is 4.52. The van der Waals surface area contributed by atoms with Crippen LogP contribution < -0.4 is 0 Å². The highest BCUT2D eigenvalue weighted by Gasteiger charge is 2.32. The van der Waals surface area contributed by atoms with Crippen molar-refractivity contribution in [3.8, 4) is 22.4 Å². The molecule has 0 bridgehead atoms. The molecule has 165 valence electrons. The summed E-state index contributed by atoms with van der Waals surface area (Å²) in [6, 6.07) is 15.3. The molecule has 1 radical (unpaired) electrons. The molecule has 1 atom stereocenters. The number of aromatic nitrogens is 2. The van der Waals surface area contributed by atoms with Gasteiger partial charge in [-0.25, -0.2) is 13.8 Å². The number of imidazole rings is 1. The van der Waals surface area contributed by atoms with Crippen LogP contribution in [-0.2, 0) is 4.43 Å². The van der Waals surface area contributed by atoms with Crippen LogP contribution in [0.2, 0.25) is 13.1 Å². The Kier molecular flexibility index (Phi) is 6.01. The summed E-state index contributed by atoms with van der Waals surface area (Å²) in [5, 5.41) is 0. The summed E-state index contributed by atoms with van der Waals surface area (Å²) in [5.41, 5.74) is 4.37. The van der Waals surface area contributed by atoms with Crippen molar-refractivity contribution in [2.75, 3.05) is 0 Å². The van der Waals surface area contributed by atoms with E-state index in [1.165, 1.54) is 18.2 Å². The first-order valence-corrected chi connectivity index (χ1v) is 13.0. The second kappa shape index (κ2) is 8.60. The quantitative estimate of drug-likeness (QED) is 0.299. The van der Waals surface area contributed by atoms with E-state index in [2.05, 4.69) is 38.8 Å². The van der Waals surface area contributed by atoms with Crippen LogP contribution in [0.15, 0.2) is 67.0 Å². The van der Waals surface area contributed by atoms with Gasteiger partial charge < -0.3 is 8.83 Å². The molecule has 0 aliphatic rings. The van der Waals surface area contributed by atoms with Crippen molar-refractivity contribution in [3.05, 3.63) is 84.2 Å². The third-order valence-corrected chi connectivity index (χ3v) is 6.06. The summed E-state index contributed by atoms with van der Waals surface area (Å²) >= 11 is 0. The minimum absolute atomic E-state index is 0.261. The summed E-state index contributed by atoms with van der Waals surface area (Å²) in [4.78, 5) is 4.65. The maximum atomic E-state index is 15.2. The number of hydrogen-bond acceptors (Lipinski definition) is 2. The Bertz CT molecular complexity index is 1240. The van der Waals surface area contributed by atoms with E-state index in [1.807, 2.05) is 35.0 Å². The van der Waals surface area contributed by atoms with Crippen LogP contribution in [0.4, 0.5) is 8.78 Å². The van der Waals surface area contributed by atoms with E-state index in [-0.39, 0.29) is 23.2 Å². The zero-order valence-electron chi connectivity index (χ0n) is 19.0. The molecule has 0 aliphatic heterocycles. The topological polar surface area (TPSA) is 26.5 Å². The third-order valence-electron chi connectivity index (χ3n) is 5.36. The monoisotopic (exact) mass is 449 g/mol. The van der Waals surface area contributed by atoms with Crippen molar-refractivity contribution >= 4 is 14.7 Å². The number of halogens is 2. The van der Waals surface area contributed by atoms with Crippen molar-refractivity contribution in [2.45, 2.75) is 40.0 Å². The Morgan fingerprint density at radius 3 is 2.25 bits per heavy atom. The lowest BCUT2D eigenvalue weighted by atomic mass is 9.81. The molecule has 0 aliphatic carbocycles. The van der Waals surface area contributed by atoms with E-state index in [0.29, 0.717) is 5.56 Å². The Hall–Kier alpha value is -2.83. The minimum Gasteiger partial charge on any atom is -0.410 e. The fourth-order valence-corrected chi connectivity index (χ4v) is 4.81. The van der Waals surface area contributed by atoms with Crippen molar-refractivity contribution in [2.24, 2.45) is 5.41 Å². The van der Waals surface area contributed by atoms with Crippen LogP contribution >= 0.6 is 0 Å². The first kappa shape index (κ1) is 22.4. The summed E-state index contributed by atoms with van der Waals surface area (Å²) in [5.74, 6) is -0.541. The average Bonchev–Trinajstić information content (AvgIpc) is 3.15. The van der Waals surface area contributed by atoms with Crippen LogP contribution in [0.25, 0.3) is 28.0 Å². The van der Waals surface area contributed by atoms with Gasteiger partial charge in [0.25, 0.3) is 0 Å². The van der Waals surface area contributed by atoms with E-state index in [0.717, 1.165) is 28.0 Å². The second-order valence-electron chi connectivity index (χ2n) is 9.29. The summed E-state index contributed by atoms with van der Waals surface area (Å²) < 4.78 is 36.7. The predicted molar refractivity (Wildman–Crippen MR) is 127 cm³/mol. The smallest absolute Gasteiger partial charge is 0.205 e. The van der Waals surface area contributed by atoms with Crippen molar-refractivity contribution < 1.29 is 13.2 Å². The minimum atomic E-state index is -1.05. The lowest BCUT2D eigenvalue weighted by Gasteiger charge is -2.34. The Labute approximate surface area is 189 Å². The van der Waals surface area contributed by atoms with Crippen molar-refractivity contribution in [1.29, 1.82) is 0 Å². The van der Waals surface area contributed by atoms with Crippen LogP contribution in [-0.4, -0.2) is 18.4 Å². The van der Waals surface area contributed by atoms with Gasteiger partial charge in [-0.05, 0) is 72.1 Å². The normalized spacial score (nSPS) is 13.1. The average molecular weight is 450 g/mol. The fraction of sp³-hybridized carbons (Fsp3) is 0.269. The Balaban J connectivity index is 1.82. The van der Waals surface area contributed by atoms with Crippen LogP contribution in [0.5, 0.6) is 0 Å². The number of rotatable bonds is 5. The Morgan fingerprint density at radius 2 is 1.59 bits per heavy atom. The van der Waals surface area contributed by atoms with E-state index in [4.69, 9.17) is 4.43 Å². The molecule has 32 heavy (non-hydrogen) atoms. The summed E-state index contributed by atoms with van der Waals surface area (Å²) in [6.07, 6.45) is 3.50. The maximum absolute atomic E-state index is 15.2. The fourth-order valence-electron chi connectivity index (χ4n) is 3.87. The number of pyridine rings is 1. The van der Waals surface area contributed by atoms with Gasteiger partial charge in [0.05, 0.1) is 11.8 Å². The lowest BCUT2D eigenvalue weighted by Crippen LogP contribution is -2.27. The van der Waals surface area contributed by atoms with Gasteiger partial charge in [0.2, 0.25) is 9.04 Å². The lowest BCUT2D eigenvalue weighted by molar-refractivity contribution is 0.0837. The molecule has 4 aromatic rings. The van der Waals surface area contributed by atoms with Gasteiger partial charge in [0, 0.05) is 23.5 Å². The standard InChI is InChI=1S/C26H27F2N2OSi/c1-26(2,3)25(31-32(4)5)24-20(7-6-8-21(24)28)18-11-14-23-29-22(16-30(23)15-18)17-9-12-19(27)13-10-17/h6-16,25H,1-5H3. The molecule has 0 amide bonds. The van der Waals surface area contributed by atoms with Crippen LogP contribution in [0.3, 0.4) is 0 Å². The summed E-state index contributed by atoms with van der Waals surface area (Å²) in [7, 11) is -1.05. The molecular weight excluding hydrogens is 422 g/mol. The molecule has 2 aromatic carbocycles. The molecule has 3 nitrogen and oxygen atoms in total. The van der Waals surface area contributed by atoms with Crippen LogP contribution in [0.1, 0.15) is 32.4 Å². The highest BCUT2D eigenvalue weighted by Crippen LogP contribution is 2.42. The van der Waals surface area contributed by atoms with E-state index >= 15 is 4.39 Å². The van der Waals surface area contributed by atoms with Gasteiger partial charge in [-0.15, -0.1) is 0 Å². The molecule has 0 saturated carbocycles. The first-order valence-electron chi connectivity index (χ1n) is 10.6. The SMILES string of the molecule is C[Si](C)OC(c1c(F)cccc1-c1ccc2nc(-c3ccc(F)cc3)cn2c1)C(C)(C)C. The molecule has 0 spiro atoms. The highest BCUT2D eigenvalue weighted by molar-refractivity contribution is 6.48. The molecular formula is C26H27F2N2OSi. The van der Waals surface area contributed by atoms with Crippen molar-refractivity contribution in [1.82, 2.24) is 9.38 Å². The van der Waals surface area contributed by atoms with E-state index in [1.54, 1.807) is 18.2 Å². The van der Waals surface area contributed by atoms with Crippen molar-refractivity contribution in [3.63, 3.8) is 0 Å². The van der Waals surface area contributed by atoms with Gasteiger partial charge in [-0.1, -0.05) is 32.9 Å². The Morgan fingerprint density at radius 1 is 0.906 bits per heavy atom. The highest BCUT2D eigenvalue weighted by atomic mass is 28.3. The molecule has 0 fully saturated rings. The van der Waals surface area contributed by atoms with Gasteiger partial charge in [-0.2, -0.15) is 0 Å². The maximum Gasteiger partial charge on any atom is 0.205 e. The first-order chi connectivity index (χ1) is 15.1. The molecule has 0 N–H and O–H groups in total. The largest absolute Gasteiger partial charge is 0.410 e. The second-order valence-corrected chi connectivity index (χ2v) is 11.3. The number of hydrogen-bond donors (Lipinski definition) is 0. The number of fused-ring (bicyclic) bond motifs is 1. The van der Waals surface area contributed by atoms with E-state index in [9.17, 15) is 4.39 Å². The van der Waals surface area contributed by atoms with Gasteiger partial charge in [0.15, 0.2) is 0 Å². The number of benzene rings is 2. The van der Waals surface area contributed by atoms with Gasteiger partial charge in [0.1, 0.15) is 17.3 Å². The zero-order chi connectivity index (χ0) is 23.0. The molecule has 6 heteroatoms.